The van der Waals surface area contributed by atoms with E-state index in [1.54, 1.807) is 12.1 Å². The minimum atomic E-state index is -0.208. The summed E-state index contributed by atoms with van der Waals surface area (Å²) in [6.45, 7) is 2.41. The number of carbonyl (C=O) groups is 1. The molecule has 29 heavy (non-hydrogen) atoms. The number of carbonyl (C=O) groups excluding carboxylic acids is 1. The number of hydrogen-bond donors (Lipinski definition) is 0. The molecule has 0 bridgehead atoms. The maximum Gasteiger partial charge on any atom is 0.330 e. The van der Waals surface area contributed by atoms with E-state index in [4.69, 9.17) is 4.74 Å². The van der Waals surface area contributed by atoms with E-state index >= 15 is 0 Å². The van der Waals surface area contributed by atoms with Crippen molar-refractivity contribution in [1.29, 1.82) is 0 Å². The van der Waals surface area contributed by atoms with Crippen LogP contribution in [0.2, 0.25) is 6.04 Å². The lowest BCUT2D eigenvalue weighted by molar-refractivity contribution is -0.137. The zero-order chi connectivity index (χ0) is 21.4. The van der Waals surface area contributed by atoms with E-state index in [1.807, 2.05) is 6.92 Å². The molecule has 0 spiro atoms. The van der Waals surface area contributed by atoms with Crippen LogP contribution in [0.15, 0.2) is 12.2 Å². The number of rotatable bonds is 22. The summed E-state index contributed by atoms with van der Waals surface area (Å²) in [5.74, 6) is -0.208. The molecule has 0 fully saturated rings. The molecule has 0 aromatic heterocycles. The minimum Gasteiger partial charge on any atom is -0.463 e. The Kier molecular flexibility index (Phi) is 25.9. The molecule has 0 aliphatic rings. The van der Waals surface area contributed by atoms with Crippen LogP contribution in [0.5, 0.6) is 0 Å². The van der Waals surface area contributed by atoms with Gasteiger partial charge in [-0.25, -0.2) is 4.79 Å². The summed E-state index contributed by atoms with van der Waals surface area (Å²) in [6.07, 6.45) is 26.8. The summed E-state index contributed by atoms with van der Waals surface area (Å²) < 4.78 is 6.06. The van der Waals surface area contributed by atoms with Crippen LogP contribution in [0.4, 0.5) is 0 Å². The first kappa shape index (κ1) is 29.9. The van der Waals surface area contributed by atoms with E-state index in [9.17, 15) is 4.79 Å². The molecular formula is C24H46I2O2Si. The lowest BCUT2D eigenvalue weighted by atomic mass is 10.0. The SMILES string of the molecule is CC=CC(=O)OCCCCCCCCCCCCCCCCCCC[SiH2]C(I)I. The molecule has 0 rings (SSSR count). The third kappa shape index (κ3) is 26.9. The molecule has 172 valence electrons. The smallest absolute Gasteiger partial charge is 0.330 e. The van der Waals surface area contributed by atoms with Crippen LogP contribution in [0.1, 0.15) is 116 Å². The molecule has 0 aliphatic carbocycles. The maximum atomic E-state index is 11.1. The fraction of sp³-hybridized carbons (Fsp3) is 0.875. The van der Waals surface area contributed by atoms with Gasteiger partial charge in [-0.05, 0) is 13.3 Å². The Labute approximate surface area is 211 Å². The molecule has 0 heterocycles. The van der Waals surface area contributed by atoms with Gasteiger partial charge in [-0.2, -0.15) is 0 Å². The van der Waals surface area contributed by atoms with Crippen molar-refractivity contribution < 1.29 is 9.53 Å². The predicted molar refractivity (Wildman–Crippen MR) is 149 cm³/mol. The van der Waals surface area contributed by atoms with E-state index in [1.165, 1.54) is 109 Å². The first-order chi connectivity index (χ1) is 14.2. The second-order valence-corrected chi connectivity index (χ2v) is 19.0. The van der Waals surface area contributed by atoms with Crippen molar-refractivity contribution in [2.45, 2.75) is 124 Å². The third-order valence-corrected chi connectivity index (χ3v) is 10.4. The van der Waals surface area contributed by atoms with Gasteiger partial charge < -0.3 is 4.74 Å². The van der Waals surface area contributed by atoms with Gasteiger partial charge in [-0.15, -0.1) is 0 Å². The van der Waals surface area contributed by atoms with Crippen molar-refractivity contribution in [3.05, 3.63) is 12.2 Å². The Morgan fingerprint density at radius 3 is 1.48 bits per heavy atom. The Morgan fingerprint density at radius 2 is 1.10 bits per heavy atom. The molecular weight excluding hydrogens is 602 g/mol. The first-order valence-corrected chi connectivity index (χ1v) is 16.5. The predicted octanol–water partition coefficient (Wildman–Crippen LogP) is 8.48. The molecule has 2 nitrogen and oxygen atoms in total. The highest BCUT2D eigenvalue weighted by molar-refractivity contribution is 14.2. The summed E-state index contributed by atoms with van der Waals surface area (Å²) in [7, 11) is 0.231. The number of hydrogen-bond acceptors (Lipinski definition) is 2. The number of alkyl halides is 2. The molecule has 0 radical (unpaired) electrons. The van der Waals surface area contributed by atoms with Crippen molar-refractivity contribution in [3.63, 3.8) is 0 Å². The summed E-state index contributed by atoms with van der Waals surface area (Å²) in [5.41, 5.74) is 0. The van der Waals surface area contributed by atoms with Gasteiger partial charge in [0.2, 0.25) is 0 Å². The zero-order valence-corrected chi connectivity index (χ0v) is 24.7. The van der Waals surface area contributed by atoms with Crippen molar-refractivity contribution >= 4 is 60.7 Å². The molecule has 0 aliphatic heterocycles. The molecule has 5 heteroatoms. The minimum absolute atomic E-state index is 0.208. The molecule has 0 atom stereocenters. The maximum absolute atomic E-state index is 11.1. The number of unbranched alkanes of at least 4 members (excludes halogenated alkanes) is 16. The molecule has 0 aromatic rings. The van der Waals surface area contributed by atoms with Crippen LogP contribution < -0.4 is 0 Å². The van der Waals surface area contributed by atoms with Gasteiger partial charge in [0.15, 0.2) is 0 Å². The van der Waals surface area contributed by atoms with Crippen molar-refractivity contribution in [2.24, 2.45) is 0 Å². The second-order valence-electron chi connectivity index (χ2n) is 8.21. The zero-order valence-electron chi connectivity index (χ0n) is 18.9. The lowest BCUT2D eigenvalue weighted by Gasteiger charge is -2.04. The fourth-order valence-electron chi connectivity index (χ4n) is 3.59. The molecule has 0 saturated heterocycles. The van der Waals surface area contributed by atoms with Crippen LogP contribution >= 0.6 is 45.2 Å². The third-order valence-electron chi connectivity index (χ3n) is 5.36. The fourth-order valence-corrected chi connectivity index (χ4v) is 7.18. The average Bonchev–Trinajstić information content (AvgIpc) is 2.69. The number of esters is 1. The molecule has 0 unspecified atom stereocenters. The lowest BCUT2D eigenvalue weighted by Crippen LogP contribution is -2.01. The number of allylic oxidation sites excluding steroid dienone is 1. The van der Waals surface area contributed by atoms with E-state index < -0.39 is 0 Å². The van der Waals surface area contributed by atoms with Crippen LogP contribution in [0, 0.1) is 0 Å². The van der Waals surface area contributed by atoms with Crippen molar-refractivity contribution in [3.8, 4) is 0 Å². The number of ether oxygens (including phenoxy) is 1. The van der Waals surface area contributed by atoms with Crippen LogP contribution in [-0.4, -0.2) is 23.7 Å². The van der Waals surface area contributed by atoms with E-state index in [0.717, 1.165) is 7.98 Å². The Hall–Kier alpha value is 0.887. The molecule has 0 N–H and O–H groups in total. The van der Waals surface area contributed by atoms with Crippen LogP contribution in [0.25, 0.3) is 0 Å². The average molecular weight is 649 g/mol. The van der Waals surface area contributed by atoms with Gasteiger partial charge in [-0.3, -0.25) is 0 Å². The summed E-state index contributed by atoms with van der Waals surface area (Å²) in [6, 6.07) is 1.56. The molecule has 0 saturated carbocycles. The number of halogens is 2. The van der Waals surface area contributed by atoms with E-state index in [2.05, 4.69) is 45.2 Å². The van der Waals surface area contributed by atoms with E-state index in [0.29, 0.717) is 6.61 Å². The summed E-state index contributed by atoms with van der Waals surface area (Å²) >= 11 is 5.17. The topological polar surface area (TPSA) is 26.3 Å². The highest BCUT2D eigenvalue weighted by Gasteiger charge is 1.99. The molecule has 0 aromatic carbocycles. The van der Waals surface area contributed by atoms with Gasteiger partial charge in [-0.1, -0.05) is 160 Å². The largest absolute Gasteiger partial charge is 0.463 e. The standard InChI is InChI=1S/C24H46I2O2Si/c1-2-20-23(27)28-21-18-16-14-12-10-8-6-4-3-5-7-9-11-13-15-17-19-22-29-24(25)26/h2,20,24H,3-19,21-22,29H2,1H3. The Balaban J connectivity index is 3.06. The highest BCUT2D eigenvalue weighted by Crippen LogP contribution is 2.15. The Morgan fingerprint density at radius 1 is 0.724 bits per heavy atom. The second kappa shape index (κ2) is 25.2. The normalized spacial score (nSPS) is 12.0. The Bertz CT molecular complexity index is 376. The molecule has 0 amide bonds. The van der Waals surface area contributed by atoms with Gasteiger partial charge in [0.05, 0.1) is 6.61 Å². The van der Waals surface area contributed by atoms with Gasteiger partial charge in [0.25, 0.3) is 0 Å². The van der Waals surface area contributed by atoms with Crippen LogP contribution in [-0.2, 0) is 9.53 Å². The summed E-state index contributed by atoms with van der Waals surface area (Å²) in [5, 5.41) is 0. The van der Waals surface area contributed by atoms with Gasteiger partial charge in [0, 0.05) is 17.2 Å². The first-order valence-electron chi connectivity index (χ1n) is 12.2. The van der Waals surface area contributed by atoms with Gasteiger partial charge >= 0.3 is 5.97 Å². The van der Waals surface area contributed by atoms with Crippen LogP contribution in [0.3, 0.4) is 0 Å². The van der Waals surface area contributed by atoms with Gasteiger partial charge in [0.1, 0.15) is 0 Å². The van der Waals surface area contributed by atoms with Crippen molar-refractivity contribution in [1.82, 2.24) is 0 Å². The quantitative estimate of drug-likeness (QED) is 0.0294. The monoisotopic (exact) mass is 648 g/mol. The highest BCUT2D eigenvalue weighted by atomic mass is 127. The summed E-state index contributed by atoms with van der Waals surface area (Å²) in [4.78, 5) is 11.1. The van der Waals surface area contributed by atoms with E-state index in [-0.39, 0.29) is 15.5 Å². The van der Waals surface area contributed by atoms with Crippen molar-refractivity contribution in [2.75, 3.05) is 6.61 Å².